The molecule has 4 fully saturated rings. The number of aliphatic hydroxyl groups is 11. The van der Waals surface area contributed by atoms with Gasteiger partial charge >= 0.3 is 0 Å². The van der Waals surface area contributed by atoms with Crippen LogP contribution in [0.2, 0.25) is 0 Å². The number of ether oxygens (including phenoxy) is 3. The third-order valence-corrected chi connectivity index (χ3v) is 12.7. The van der Waals surface area contributed by atoms with E-state index in [-0.39, 0.29) is 17.6 Å². The quantitative estimate of drug-likeness (QED) is 0.0732. The zero-order valence-electron chi connectivity index (χ0n) is 31.9. The zero-order valence-corrected chi connectivity index (χ0v) is 32.7. The summed E-state index contributed by atoms with van der Waals surface area (Å²) in [6, 6.07) is -4.41. The molecule has 20 nitrogen and oxygen atoms in total. The normalized spacial score (nSPS) is 43.3. The number of carbonyl (C=O) groups is 3. The number of amides is 3. The number of hydrogen-bond donors (Lipinski definition) is 14. The largest absolute Gasteiger partial charge is 0.394 e. The van der Waals surface area contributed by atoms with Crippen molar-refractivity contribution in [2.24, 2.45) is 17.8 Å². The van der Waals surface area contributed by atoms with Gasteiger partial charge < -0.3 is 86.3 Å². The number of aliphatic hydroxyl groups excluding tert-OH is 11. The molecule has 4 rings (SSSR count). The van der Waals surface area contributed by atoms with E-state index in [4.69, 9.17) is 14.2 Å². The molecule has 2 aliphatic heterocycles. The van der Waals surface area contributed by atoms with Crippen LogP contribution in [0.3, 0.4) is 0 Å². The Bertz CT molecular complexity index is 1290. The highest BCUT2D eigenvalue weighted by Gasteiger charge is 2.53. The standard InChI is InChI=1S/C35H61N3O17S/c1-5-6-15-7-8-16(9-15)32(51)37-19(13(3)40)30-28(49)25(46)29(50)35(55-30)56-11-17(36-14(4)41)33(52)38-20-24(45)23(44)18(10-39)53-34(20)54-31-26(47)21(42)12(2)22(43)27(31)48/h12-13,15-31,34-35,39-40,42-50H,5-11H2,1-4H3,(H,36,41)(H,37,51)(H,38,52)/t12?,13-,15-,16+,17+,18?,19-,20?,21?,22?,23-,24-,25+,26-,27?,28-,29?,30?,31?,34-,35-/m1/s1. The summed E-state index contributed by atoms with van der Waals surface area (Å²) in [6.45, 7) is 5.07. The fourth-order valence-electron chi connectivity index (χ4n) is 8.02. The van der Waals surface area contributed by atoms with E-state index in [1.807, 2.05) is 0 Å². The van der Waals surface area contributed by atoms with Crippen LogP contribution in [-0.4, -0.2) is 195 Å². The van der Waals surface area contributed by atoms with Crippen LogP contribution in [0.5, 0.6) is 0 Å². The van der Waals surface area contributed by atoms with Crippen molar-refractivity contribution in [1.82, 2.24) is 16.0 Å². The molecule has 324 valence electrons. The van der Waals surface area contributed by atoms with Gasteiger partial charge in [-0.15, -0.1) is 11.8 Å². The second-order valence-electron chi connectivity index (χ2n) is 15.6. The average molecular weight is 828 g/mol. The summed E-state index contributed by atoms with van der Waals surface area (Å²) < 4.78 is 17.3. The van der Waals surface area contributed by atoms with Gasteiger partial charge in [-0.25, -0.2) is 0 Å². The summed E-state index contributed by atoms with van der Waals surface area (Å²) in [4.78, 5) is 39.3. The SMILES string of the molecule is CCC[C@@H]1CC[C@H](C(=O)N[C@@H](C2O[C@H](SC[C@H](NC(C)=O)C(=O)NC3[C@@H](OC4C(O)C(O)C(C)C(O)[C@H]4O)OC(CO)[C@@H](O)[C@@H]3O)C(O)[C@@H](O)[C@H]2O)[C@@H](C)O)C1. The van der Waals surface area contributed by atoms with Gasteiger partial charge in [0.15, 0.2) is 6.29 Å². The van der Waals surface area contributed by atoms with Crippen molar-refractivity contribution >= 4 is 29.5 Å². The van der Waals surface area contributed by atoms with E-state index in [2.05, 4.69) is 22.9 Å². The van der Waals surface area contributed by atoms with E-state index in [0.717, 1.165) is 37.9 Å². The summed E-state index contributed by atoms with van der Waals surface area (Å²) in [7, 11) is 0. The molecule has 0 spiro atoms. The van der Waals surface area contributed by atoms with Gasteiger partial charge in [-0.05, 0) is 32.1 Å². The van der Waals surface area contributed by atoms with Gasteiger partial charge in [-0.3, -0.25) is 14.4 Å². The highest BCUT2D eigenvalue weighted by Crippen LogP contribution is 2.36. The molecule has 56 heavy (non-hydrogen) atoms. The lowest BCUT2D eigenvalue weighted by atomic mass is 9.79. The second-order valence-corrected chi connectivity index (χ2v) is 16.8. The van der Waals surface area contributed by atoms with E-state index < -0.39 is 134 Å². The summed E-state index contributed by atoms with van der Waals surface area (Å²) in [5.41, 5.74) is -1.39. The molecule has 3 amide bonds. The molecule has 2 saturated carbocycles. The van der Waals surface area contributed by atoms with Gasteiger partial charge in [0.05, 0.1) is 31.0 Å². The van der Waals surface area contributed by atoms with Crippen LogP contribution in [-0.2, 0) is 28.6 Å². The van der Waals surface area contributed by atoms with Crippen molar-refractivity contribution in [3.63, 3.8) is 0 Å². The van der Waals surface area contributed by atoms with Gasteiger partial charge in [-0.1, -0.05) is 26.7 Å². The lowest BCUT2D eigenvalue weighted by Gasteiger charge is -2.47. The molecule has 0 aromatic heterocycles. The van der Waals surface area contributed by atoms with E-state index in [1.54, 1.807) is 0 Å². The molecule has 2 aliphatic carbocycles. The van der Waals surface area contributed by atoms with Crippen molar-refractivity contribution in [2.75, 3.05) is 12.4 Å². The minimum atomic E-state index is -1.91. The van der Waals surface area contributed by atoms with Crippen molar-refractivity contribution in [3.05, 3.63) is 0 Å². The molecule has 14 N–H and O–H groups in total. The first-order valence-electron chi connectivity index (χ1n) is 19.2. The topological polar surface area (TPSA) is 338 Å². The van der Waals surface area contributed by atoms with Crippen molar-refractivity contribution in [3.8, 4) is 0 Å². The summed E-state index contributed by atoms with van der Waals surface area (Å²) in [5, 5.41) is 125. The molecule has 0 aromatic carbocycles. The number of rotatable bonds is 15. The summed E-state index contributed by atoms with van der Waals surface area (Å²) in [6.07, 6.45) is -19.3. The van der Waals surface area contributed by atoms with Gasteiger partial charge in [0.2, 0.25) is 17.7 Å². The van der Waals surface area contributed by atoms with Crippen LogP contribution in [0.4, 0.5) is 0 Å². The van der Waals surface area contributed by atoms with Gasteiger partial charge in [0, 0.05) is 24.5 Å². The van der Waals surface area contributed by atoms with E-state index >= 15 is 0 Å². The molecule has 0 bridgehead atoms. The Balaban J connectivity index is 1.49. The van der Waals surface area contributed by atoms with Crippen LogP contribution < -0.4 is 16.0 Å². The van der Waals surface area contributed by atoms with Crippen LogP contribution in [0.25, 0.3) is 0 Å². The number of thioether (sulfide) groups is 1. The van der Waals surface area contributed by atoms with Crippen LogP contribution >= 0.6 is 11.8 Å². The van der Waals surface area contributed by atoms with E-state index in [1.165, 1.54) is 13.8 Å². The van der Waals surface area contributed by atoms with Crippen molar-refractivity contribution in [2.45, 2.75) is 169 Å². The molecule has 21 heteroatoms. The average Bonchev–Trinajstić information content (AvgIpc) is 3.63. The third kappa shape index (κ3) is 10.7. The minimum Gasteiger partial charge on any atom is -0.394 e. The van der Waals surface area contributed by atoms with Crippen LogP contribution in [0.15, 0.2) is 0 Å². The van der Waals surface area contributed by atoms with Gasteiger partial charge in [0.1, 0.15) is 78.6 Å². The maximum absolute atomic E-state index is 13.8. The number of hydrogen-bond acceptors (Lipinski definition) is 18. The Hall–Kier alpha value is -1.80. The summed E-state index contributed by atoms with van der Waals surface area (Å²) in [5.74, 6) is -3.36. The smallest absolute Gasteiger partial charge is 0.243 e. The molecule has 21 atom stereocenters. The van der Waals surface area contributed by atoms with E-state index in [0.29, 0.717) is 18.8 Å². The first kappa shape index (κ1) is 46.9. The number of nitrogens with one attached hydrogen (secondary N) is 3. The molecular formula is C35H61N3O17S. The monoisotopic (exact) mass is 827 g/mol. The fourth-order valence-corrected chi connectivity index (χ4v) is 9.20. The van der Waals surface area contributed by atoms with Gasteiger partial charge in [0.25, 0.3) is 0 Å². The Morgan fingerprint density at radius 3 is 2.05 bits per heavy atom. The maximum atomic E-state index is 13.8. The molecule has 0 radical (unpaired) electrons. The Morgan fingerprint density at radius 2 is 1.48 bits per heavy atom. The molecule has 2 heterocycles. The van der Waals surface area contributed by atoms with Gasteiger partial charge in [-0.2, -0.15) is 0 Å². The first-order chi connectivity index (χ1) is 26.3. The van der Waals surface area contributed by atoms with Crippen LogP contribution in [0.1, 0.15) is 59.8 Å². The molecular weight excluding hydrogens is 766 g/mol. The molecule has 9 unspecified atom stereocenters. The maximum Gasteiger partial charge on any atom is 0.243 e. The molecule has 0 aromatic rings. The lowest BCUT2D eigenvalue weighted by molar-refractivity contribution is -0.315. The Labute approximate surface area is 328 Å². The van der Waals surface area contributed by atoms with Crippen molar-refractivity contribution < 1.29 is 84.8 Å². The number of carbonyl (C=O) groups excluding carboxylic acids is 3. The zero-order chi connectivity index (χ0) is 41.8. The molecule has 4 aliphatic rings. The highest BCUT2D eigenvalue weighted by molar-refractivity contribution is 7.99. The lowest BCUT2D eigenvalue weighted by Crippen LogP contribution is -2.69. The Morgan fingerprint density at radius 1 is 0.839 bits per heavy atom. The van der Waals surface area contributed by atoms with Crippen LogP contribution in [0, 0.1) is 17.8 Å². The van der Waals surface area contributed by atoms with Crippen molar-refractivity contribution in [1.29, 1.82) is 0 Å². The fraction of sp³-hybridized carbons (Fsp3) is 0.914. The predicted octanol–water partition coefficient (Wildman–Crippen LogP) is -5.48. The highest BCUT2D eigenvalue weighted by atomic mass is 32.2. The molecule has 2 saturated heterocycles. The summed E-state index contributed by atoms with van der Waals surface area (Å²) >= 11 is 0.728. The third-order valence-electron chi connectivity index (χ3n) is 11.5. The first-order valence-corrected chi connectivity index (χ1v) is 20.2. The second kappa shape index (κ2) is 20.4. The predicted molar refractivity (Wildman–Crippen MR) is 194 cm³/mol. The van der Waals surface area contributed by atoms with E-state index in [9.17, 15) is 70.6 Å². The minimum absolute atomic E-state index is 0.320. The Kier molecular flexibility index (Phi) is 17.1.